The van der Waals surface area contributed by atoms with E-state index < -0.39 is 0 Å². The molecule has 0 unspecified atom stereocenters. The Kier molecular flexibility index (Phi) is 3.80. The molecule has 0 bridgehead atoms. The third-order valence-electron chi connectivity index (χ3n) is 3.09. The minimum absolute atomic E-state index is 0.175. The predicted octanol–water partition coefficient (Wildman–Crippen LogP) is 2.85. The minimum Gasteiger partial charge on any atom is -0.289 e. The molecule has 6 heteroatoms. The lowest BCUT2D eigenvalue weighted by atomic mass is 10.0. The average Bonchev–Trinajstić information content (AvgIpc) is 3.09. The summed E-state index contributed by atoms with van der Waals surface area (Å²) in [7, 11) is 0. The second kappa shape index (κ2) is 5.91. The number of aromatic nitrogens is 3. The molecular weight excluding hydrogens is 302 g/mol. The fourth-order valence-corrected chi connectivity index (χ4v) is 2.06. The van der Waals surface area contributed by atoms with Crippen LogP contribution in [-0.4, -0.2) is 26.2 Å². The van der Waals surface area contributed by atoms with Crippen LogP contribution in [0.4, 0.5) is 0 Å². The summed E-state index contributed by atoms with van der Waals surface area (Å²) in [6, 6.07) is 9.70. The van der Waals surface area contributed by atoms with Crippen LogP contribution in [0.1, 0.15) is 26.4 Å². The number of hydrogen-bond donors (Lipinski definition) is 0. The van der Waals surface area contributed by atoms with E-state index in [4.69, 9.17) is 11.6 Å². The first-order chi connectivity index (χ1) is 10.6. The topological polar surface area (TPSA) is 64.8 Å². The van der Waals surface area contributed by atoms with Crippen LogP contribution < -0.4 is 0 Å². The zero-order valence-corrected chi connectivity index (χ0v) is 12.1. The van der Waals surface area contributed by atoms with Crippen LogP contribution in [0.25, 0.3) is 0 Å². The summed E-state index contributed by atoms with van der Waals surface area (Å²) in [5, 5.41) is 0.566. The molecule has 2 aromatic heterocycles. The van der Waals surface area contributed by atoms with Gasteiger partial charge in [-0.3, -0.25) is 19.1 Å². The summed E-state index contributed by atoms with van der Waals surface area (Å²) < 4.78 is 1.32. The molecule has 1 aromatic carbocycles. The molecule has 0 radical (unpaired) electrons. The third kappa shape index (κ3) is 2.80. The quantitative estimate of drug-likeness (QED) is 0.698. The van der Waals surface area contributed by atoms with E-state index in [0.717, 1.165) is 0 Å². The highest BCUT2D eigenvalue weighted by Crippen LogP contribution is 2.14. The van der Waals surface area contributed by atoms with E-state index in [0.29, 0.717) is 16.1 Å². The van der Waals surface area contributed by atoms with Crippen LogP contribution in [0.15, 0.2) is 61.3 Å². The summed E-state index contributed by atoms with van der Waals surface area (Å²) in [6.45, 7) is 0. The van der Waals surface area contributed by atoms with Crippen LogP contribution >= 0.6 is 11.6 Å². The fraction of sp³-hybridized carbons (Fsp3) is 0. The highest BCUT2D eigenvalue weighted by atomic mass is 35.5. The van der Waals surface area contributed by atoms with E-state index in [1.165, 1.54) is 35.6 Å². The molecule has 22 heavy (non-hydrogen) atoms. The number of rotatable bonds is 3. The highest BCUT2D eigenvalue weighted by molar-refractivity contribution is 6.30. The van der Waals surface area contributed by atoms with Gasteiger partial charge in [0.15, 0.2) is 5.78 Å². The molecule has 0 N–H and O–H groups in total. The molecule has 0 saturated carbocycles. The van der Waals surface area contributed by atoms with E-state index in [1.54, 1.807) is 30.3 Å². The number of pyridine rings is 1. The van der Waals surface area contributed by atoms with Crippen LogP contribution in [-0.2, 0) is 0 Å². The molecule has 108 valence electrons. The second-order valence-corrected chi connectivity index (χ2v) is 4.98. The van der Waals surface area contributed by atoms with E-state index in [9.17, 15) is 9.59 Å². The van der Waals surface area contributed by atoms with Gasteiger partial charge in [0.25, 0.3) is 5.91 Å². The van der Waals surface area contributed by atoms with Gasteiger partial charge in [-0.2, -0.15) is 0 Å². The van der Waals surface area contributed by atoms with E-state index >= 15 is 0 Å². The molecule has 0 aliphatic carbocycles. The van der Waals surface area contributed by atoms with Crippen molar-refractivity contribution in [2.45, 2.75) is 0 Å². The Hall–Kier alpha value is -2.79. The molecule has 0 aliphatic heterocycles. The molecule has 5 nitrogen and oxygen atoms in total. The number of ketones is 1. The van der Waals surface area contributed by atoms with E-state index in [1.807, 2.05) is 0 Å². The summed E-state index contributed by atoms with van der Waals surface area (Å²) in [4.78, 5) is 32.2. The lowest BCUT2D eigenvalue weighted by molar-refractivity contribution is 0.0953. The summed E-state index contributed by atoms with van der Waals surface area (Å²) >= 11 is 5.80. The standard InChI is InChI=1S/C16H10ClN3O2/c17-13-4-1-11(2-5-13)15(21)12-3-6-14(19-9-12)16(22)20-8-7-18-10-20/h1-10H. The van der Waals surface area contributed by atoms with E-state index in [-0.39, 0.29) is 17.4 Å². The van der Waals surface area contributed by atoms with Crippen molar-refractivity contribution < 1.29 is 9.59 Å². The van der Waals surface area contributed by atoms with Gasteiger partial charge in [0.05, 0.1) is 0 Å². The van der Waals surface area contributed by atoms with Gasteiger partial charge in [-0.15, -0.1) is 0 Å². The Morgan fingerprint density at radius 3 is 2.32 bits per heavy atom. The first-order valence-electron chi connectivity index (χ1n) is 6.44. The van der Waals surface area contributed by atoms with Crippen molar-refractivity contribution in [3.63, 3.8) is 0 Å². The van der Waals surface area contributed by atoms with Gasteiger partial charge in [-0.1, -0.05) is 11.6 Å². The Labute approximate surface area is 131 Å². The molecule has 0 atom stereocenters. The van der Waals surface area contributed by atoms with Gasteiger partial charge in [-0.25, -0.2) is 4.98 Å². The Morgan fingerprint density at radius 2 is 1.73 bits per heavy atom. The number of benzene rings is 1. The molecule has 3 rings (SSSR count). The smallest absolute Gasteiger partial charge is 0.281 e. The van der Waals surface area contributed by atoms with Gasteiger partial charge < -0.3 is 0 Å². The van der Waals surface area contributed by atoms with Gasteiger partial charge in [0.2, 0.25) is 0 Å². The van der Waals surface area contributed by atoms with Crippen molar-refractivity contribution in [2.24, 2.45) is 0 Å². The molecule has 2 heterocycles. The molecule has 0 spiro atoms. The normalized spacial score (nSPS) is 10.4. The van der Waals surface area contributed by atoms with Gasteiger partial charge in [-0.05, 0) is 36.4 Å². The predicted molar refractivity (Wildman–Crippen MR) is 81.1 cm³/mol. The number of nitrogens with zero attached hydrogens (tertiary/aromatic N) is 3. The average molecular weight is 312 g/mol. The number of carbonyl (C=O) groups excluding carboxylic acids is 2. The van der Waals surface area contributed by atoms with Crippen LogP contribution in [0.2, 0.25) is 5.02 Å². The third-order valence-corrected chi connectivity index (χ3v) is 3.34. The SMILES string of the molecule is O=C(c1ccc(Cl)cc1)c1ccc(C(=O)n2ccnc2)nc1. The van der Waals surface area contributed by atoms with Crippen molar-refractivity contribution in [3.05, 3.63) is 83.2 Å². The monoisotopic (exact) mass is 311 g/mol. The molecule has 0 saturated heterocycles. The van der Waals surface area contributed by atoms with Crippen molar-refractivity contribution in [2.75, 3.05) is 0 Å². The van der Waals surface area contributed by atoms with Crippen molar-refractivity contribution in [1.82, 2.24) is 14.5 Å². The zero-order valence-electron chi connectivity index (χ0n) is 11.3. The van der Waals surface area contributed by atoms with Crippen LogP contribution in [0, 0.1) is 0 Å². The second-order valence-electron chi connectivity index (χ2n) is 4.54. The van der Waals surface area contributed by atoms with Crippen molar-refractivity contribution in [3.8, 4) is 0 Å². The molecular formula is C16H10ClN3O2. The number of halogens is 1. The molecule has 0 aliphatic rings. The number of carbonyl (C=O) groups is 2. The summed E-state index contributed by atoms with van der Waals surface area (Å²) in [5.74, 6) is -0.478. The summed E-state index contributed by atoms with van der Waals surface area (Å²) in [5.41, 5.74) is 1.16. The lowest BCUT2D eigenvalue weighted by Crippen LogP contribution is -2.12. The Balaban J connectivity index is 1.83. The maximum Gasteiger partial charge on any atom is 0.281 e. The maximum absolute atomic E-state index is 12.3. The van der Waals surface area contributed by atoms with E-state index in [2.05, 4.69) is 9.97 Å². The Bertz CT molecular complexity index is 810. The zero-order chi connectivity index (χ0) is 15.5. The largest absolute Gasteiger partial charge is 0.289 e. The lowest BCUT2D eigenvalue weighted by Gasteiger charge is -2.03. The molecule has 0 fully saturated rings. The van der Waals surface area contributed by atoms with Crippen molar-refractivity contribution >= 4 is 23.3 Å². The Morgan fingerprint density at radius 1 is 1.00 bits per heavy atom. The van der Waals surface area contributed by atoms with Gasteiger partial charge >= 0.3 is 0 Å². The number of hydrogen-bond acceptors (Lipinski definition) is 4. The van der Waals surface area contributed by atoms with Crippen LogP contribution in [0.5, 0.6) is 0 Å². The first kappa shape index (κ1) is 14.2. The highest BCUT2D eigenvalue weighted by Gasteiger charge is 2.13. The maximum atomic E-state index is 12.3. The van der Waals surface area contributed by atoms with Gasteiger partial charge in [0, 0.05) is 34.7 Å². The number of imidazole rings is 1. The first-order valence-corrected chi connectivity index (χ1v) is 6.82. The summed E-state index contributed by atoms with van der Waals surface area (Å²) in [6.07, 6.45) is 5.84. The van der Waals surface area contributed by atoms with Crippen LogP contribution in [0.3, 0.4) is 0 Å². The molecule has 0 amide bonds. The van der Waals surface area contributed by atoms with Gasteiger partial charge in [0.1, 0.15) is 12.0 Å². The minimum atomic E-state index is -0.303. The van der Waals surface area contributed by atoms with Crippen molar-refractivity contribution in [1.29, 1.82) is 0 Å². The molecule has 3 aromatic rings. The fourth-order valence-electron chi connectivity index (χ4n) is 1.93.